The molecule has 1 heterocycles. The molecule has 5 heteroatoms. The highest BCUT2D eigenvalue weighted by atomic mass is 32.1. The van der Waals surface area contributed by atoms with Gasteiger partial charge in [-0.2, -0.15) is 4.98 Å². The van der Waals surface area contributed by atoms with Crippen LogP contribution in [0.25, 0.3) is 0 Å². The van der Waals surface area contributed by atoms with E-state index in [1.54, 1.807) is 0 Å². The fourth-order valence-corrected chi connectivity index (χ4v) is 3.64. The van der Waals surface area contributed by atoms with Crippen molar-refractivity contribution in [2.24, 2.45) is 0 Å². The van der Waals surface area contributed by atoms with Gasteiger partial charge in [0.25, 0.3) is 0 Å². The van der Waals surface area contributed by atoms with Crippen LogP contribution in [0.3, 0.4) is 0 Å². The van der Waals surface area contributed by atoms with E-state index >= 15 is 0 Å². The second-order valence-corrected chi connectivity index (χ2v) is 7.57. The normalized spacial score (nSPS) is 11.2. The third-order valence-corrected chi connectivity index (χ3v) is 5.24. The first-order valence-electron chi connectivity index (χ1n) is 9.62. The Morgan fingerprint density at radius 2 is 1.26 bits per heavy atom. The van der Waals surface area contributed by atoms with E-state index in [0.29, 0.717) is 10.7 Å². The smallest absolute Gasteiger partial charge is 0.221 e. The Bertz CT molecular complexity index is 438. The molecule has 0 aromatic carbocycles. The molecule has 1 aromatic rings. The van der Waals surface area contributed by atoms with Gasteiger partial charge in [0.2, 0.25) is 10.7 Å². The number of hydrogen-bond acceptors (Lipinski definition) is 4. The van der Waals surface area contributed by atoms with Crippen molar-refractivity contribution < 1.29 is 0 Å². The molecule has 0 amide bonds. The molecule has 0 aliphatic rings. The Kier molecular flexibility index (Phi) is 11.9. The molecule has 0 fully saturated rings. The molecule has 134 valence electrons. The van der Waals surface area contributed by atoms with Gasteiger partial charge in [0.15, 0.2) is 0 Å². The fraction of sp³-hybridized carbons (Fsp3) is 0.889. The zero-order valence-corrected chi connectivity index (χ0v) is 15.8. The molecule has 0 aliphatic heterocycles. The third-order valence-electron chi connectivity index (χ3n) is 4.38. The topological polar surface area (TPSA) is 67.7 Å². The van der Waals surface area contributed by atoms with Crippen molar-refractivity contribution in [1.29, 1.82) is 5.41 Å². The SMILES string of the molecule is CCCCCCCCCCCCCCCCn1sc(=N)nc1N. The van der Waals surface area contributed by atoms with Crippen molar-refractivity contribution in [2.75, 3.05) is 5.73 Å². The first-order chi connectivity index (χ1) is 11.2. The highest BCUT2D eigenvalue weighted by Crippen LogP contribution is 2.13. The molecule has 4 nitrogen and oxygen atoms in total. The Balaban J connectivity index is 1.80. The predicted molar refractivity (Wildman–Crippen MR) is 101 cm³/mol. The molecular formula is C18H36N4S. The first kappa shape index (κ1) is 20.2. The highest BCUT2D eigenvalue weighted by Gasteiger charge is 2.00. The van der Waals surface area contributed by atoms with Crippen LogP contribution in [0.2, 0.25) is 0 Å². The van der Waals surface area contributed by atoms with Gasteiger partial charge < -0.3 is 5.73 Å². The Morgan fingerprint density at radius 3 is 1.65 bits per heavy atom. The van der Waals surface area contributed by atoms with E-state index in [-0.39, 0.29) is 0 Å². The first-order valence-corrected chi connectivity index (χ1v) is 10.4. The van der Waals surface area contributed by atoms with Crippen LogP contribution in [-0.4, -0.2) is 8.94 Å². The van der Waals surface area contributed by atoms with Crippen LogP contribution in [0.4, 0.5) is 5.95 Å². The summed E-state index contributed by atoms with van der Waals surface area (Å²) in [6, 6.07) is 0. The van der Waals surface area contributed by atoms with Crippen LogP contribution in [0.1, 0.15) is 96.8 Å². The van der Waals surface area contributed by atoms with Crippen molar-refractivity contribution in [3.05, 3.63) is 4.80 Å². The number of nitrogens with two attached hydrogens (primary N) is 1. The van der Waals surface area contributed by atoms with Crippen molar-refractivity contribution in [3.63, 3.8) is 0 Å². The van der Waals surface area contributed by atoms with E-state index in [0.717, 1.165) is 13.0 Å². The van der Waals surface area contributed by atoms with E-state index in [1.807, 2.05) is 3.96 Å². The molecule has 0 aliphatic carbocycles. The lowest BCUT2D eigenvalue weighted by molar-refractivity contribution is 0.529. The van der Waals surface area contributed by atoms with E-state index in [1.165, 1.54) is 95.0 Å². The lowest BCUT2D eigenvalue weighted by atomic mass is 10.0. The summed E-state index contributed by atoms with van der Waals surface area (Å²) in [6.45, 7) is 3.20. The van der Waals surface area contributed by atoms with Crippen molar-refractivity contribution in [1.82, 2.24) is 8.94 Å². The maximum atomic E-state index is 7.45. The average Bonchev–Trinajstić information content (AvgIpc) is 2.85. The summed E-state index contributed by atoms with van der Waals surface area (Å²) in [5, 5.41) is 7.45. The minimum atomic E-state index is 0.313. The van der Waals surface area contributed by atoms with Gasteiger partial charge >= 0.3 is 0 Å². The van der Waals surface area contributed by atoms with Crippen LogP contribution < -0.4 is 10.5 Å². The lowest BCUT2D eigenvalue weighted by Crippen LogP contribution is -2.01. The van der Waals surface area contributed by atoms with Crippen LogP contribution in [0, 0.1) is 5.41 Å². The minimum absolute atomic E-state index is 0.313. The molecule has 0 saturated carbocycles. The predicted octanol–water partition coefficient (Wildman–Crippen LogP) is 5.49. The number of unbranched alkanes of at least 4 members (excludes halogenated alkanes) is 13. The second-order valence-electron chi connectivity index (χ2n) is 6.56. The standard InChI is InChI=1S/C18H36N4S/c1-2-3-4-5-6-7-8-9-10-11-12-13-14-15-16-22-17(19)21-18(20)23-22/h2-16H2,1H3,(H3,19,20,21). The number of nitrogens with zero attached hydrogens (tertiary/aromatic N) is 2. The molecule has 0 unspecified atom stereocenters. The summed E-state index contributed by atoms with van der Waals surface area (Å²) in [6.07, 6.45) is 19.3. The number of hydrogen-bond donors (Lipinski definition) is 2. The minimum Gasteiger partial charge on any atom is -0.368 e. The molecule has 0 saturated heterocycles. The highest BCUT2D eigenvalue weighted by molar-refractivity contribution is 7.03. The van der Waals surface area contributed by atoms with Crippen LogP contribution in [0.15, 0.2) is 0 Å². The van der Waals surface area contributed by atoms with E-state index < -0.39 is 0 Å². The molecule has 0 atom stereocenters. The molecule has 1 aromatic heterocycles. The van der Waals surface area contributed by atoms with Crippen LogP contribution in [-0.2, 0) is 6.54 Å². The number of aryl methyl sites for hydroxylation is 1. The van der Waals surface area contributed by atoms with Gasteiger partial charge in [-0.15, -0.1) is 0 Å². The van der Waals surface area contributed by atoms with Gasteiger partial charge in [0.1, 0.15) is 0 Å². The third kappa shape index (κ3) is 10.5. The van der Waals surface area contributed by atoms with Gasteiger partial charge in [-0.05, 0) is 18.0 Å². The van der Waals surface area contributed by atoms with E-state index in [9.17, 15) is 0 Å². The Labute approximate surface area is 146 Å². The molecule has 23 heavy (non-hydrogen) atoms. The number of rotatable bonds is 15. The summed E-state index contributed by atoms with van der Waals surface area (Å²) < 4.78 is 1.93. The largest absolute Gasteiger partial charge is 0.368 e. The van der Waals surface area contributed by atoms with Crippen LogP contribution in [0.5, 0.6) is 0 Å². The van der Waals surface area contributed by atoms with Gasteiger partial charge in [-0.1, -0.05) is 90.4 Å². The number of nitrogens with one attached hydrogen (secondary N) is 1. The lowest BCUT2D eigenvalue weighted by Gasteiger charge is -2.04. The summed E-state index contributed by atoms with van der Waals surface area (Å²) in [4.78, 5) is 4.23. The number of aromatic nitrogens is 2. The zero-order valence-electron chi connectivity index (χ0n) is 15.0. The molecular weight excluding hydrogens is 304 g/mol. The number of anilines is 1. The van der Waals surface area contributed by atoms with Crippen molar-refractivity contribution >= 4 is 17.5 Å². The van der Waals surface area contributed by atoms with E-state index in [2.05, 4.69) is 11.9 Å². The van der Waals surface area contributed by atoms with Crippen LogP contribution >= 0.6 is 11.5 Å². The molecule has 3 N–H and O–H groups in total. The van der Waals surface area contributed by atoms with Gasteiger partial charge in [0, 0.05) is 6.54 Å². The van der Waals surface area contributed by atoms with Gasteiger partial charge in [0.05, 0.1) is 0 Å². The maximum Gasteiger partial charge on any atom is 0.221 e. The Hall–Kier alpha value is -0.840. The molecule has 1 rings (SSSR count). The monoisotopic (exact) mass is 340 g/mol. The molecule has 0 bridgehead atoms. The summed E-state index contributed by atoms with van der Waals surface area (Å²) in [5.74, 6) is 0.495. The Morgan fingerprint density at radius 1 is 0.826 bits per heavy atom. The van der Waals surface area contributed by atoms with E-state index in [4.69, 9.17) is 11.1 Å². The van der Waals surface area contributed by atoms with Gasteiger partial charge in [-0.25, -0.2) is 0 Å². The zero-order chi connectivity index (χ0) is 16.8. The summed E-state index contributed by atoms with van der Waals surface area (Å²) >= 11 is 1.35. The average molecular weight is 341 g/mol. The number of nitrogen functional groups attached to an aromatic ring is 1. The quantitative estimate of drug-likeness (QED) is 0.415. The second kappa shape index (κ2) is 13.6. The van der Waals surface area contributed by atoms with Crippen molar-refractivity contribution in [2.45, 2.75) is 103 Å². The fourth-order valence-electron chi connectivity index (χ4n) is 2.94. The van der Waals surface area contributed by atoms with Crippen molar-refractivity contribution in [3.8, 4) is 0 Å². The van der Waals surface area contributed by atoms with Gasteiger partial charge in [-0.3, -0.25) is 9.37 Å². The summed E-state index contributed by atoms with van der Waals surface area (Å²) in [7, 11) is 0. The molecule has 0 radical (unpaired) electrons. The molecule has 0 spiro atoms. The summed E-state index contributed by atoms with van der Waals surface area (Å²) in [5.41, 5.74) is 5.74. The maximum absolute atomic E-state index is 7.45.